The second-order valence-corrected chi connectivity index (χ2v) is 6.23. The number of halogens is 5. The van der Waals surface area contributed by atoms with Crippen LogP contribution in [-0.4, -0.2) is 22.6 Å². The molecule has 0 saturated heterocycles. The van der Waals surface area contributed by atoms with Gasteiger partial charge in [-0.3, -0.25) is 4.72 Å². The van der Waals surface area contributed by atoms with Crippen molar-refractivity contribution >= 4 is 15.7 Å². The lowest BCUT2D eigenvalue weighted by Crippen LogP contribution is -2.19. The van der Waals surface area contributed by atoms with Gasteiger partial charge in [-0.05, 0) is 0 Å². The summed E-state index contributed by atoms with van der Waals surface area (Å²) in [4.78, 5) is -1.99. The van der Waals surface area contributed by atoms with Crippen LogP contribution in [0, 0.1) is 29.1 Å². The van der Waals surface area contributed by atoms with Crippen molar-refractivity contribution in [1.82, 2.24) is 0 Å². The highest BCUT2D eigenvalue weighted by Crippen LogP contribution is 2.31. The molecule has 0 aromatic heterocycles. The van der Waals surface area contributed by atoms with Crippen molar-refractivity contribution in [3.8, 4) is 11.5 Å². The Labute approximate surface area is 139 Å². The maximum absolute atomic E-state index is 13.7. The van der Waals surface area contributed by atoms with E-state index in [0.717, 1.165) is 12.1 Å². The zero-order valence-electron chi connectivity index (χ0n) is 12.7. The molecule has 0 unspecified atom stereocenters. The summed E-state index contributed by atoms with van der Waals surface area (Å²) in [6.07, 6.45) is 0. The quantitative estimate of drug-likeness (QED) is 0.489. The van der Waals surface area contributed by atoms with Gasteiger partial charge in [0.1, 0.15) is 11.5 Å². The first-order valence-corrected chi connectivity index (χ1v) is 7.88. The number of sulfonamides is 1. The van der Waals surface area contributed by atoms with Crippen molar-refractivity contribution in [2.45, 2.75) is 4.90 Å². The smallest absolute Gasteiger partial charge is 0.267 e. The molecule has 2 aromatic rings. The molecule has 0 amide bonds. The third kappa shape index (κ3) is 3.45. The van der Waals surface area contributed by atoms with Gasteiger partial charge in [0.15, 0.2) is 28.2 Å². The maximum Gasteiger partial charge on any atom is 0.267 e. The van der Waals surface area contributed by atoms with Crippen LogP contribution in [0.1, 0.15) is 0 Å². The van der Waals surface area contributed by atoms with Crippen LogP contribution in [0.15, 0.2) is 23.1 Å². The summed E-state index contributed by atoms with van der Waals surface area (Å²) in [5.74, 6) is -11.9. The first-order chi connectivity index (χ1) is 11.6. The van der Waals surface area contributed by atoms with E-state index in [1.807, 2.05) is 0 Å². The highest BCUT2D eigenvalue weighted by Gasteiger charge is 2.33. The predicted octanol–water partition coefficient (Wildman–Crippen LogP) is 3.20. The molecule has 0 aliphatic carbocycles. The molecule has 0 aliphatic rings. The van der Waals surface area contributed by atoms with Crippen molar-refractivity contribution in [2.24, 2.45) is 0 Å². The minimum atomic E-state index is -5.14. The van der Waals surface area contributed by atoms with Crippen LogP contribution in [0.25, 0.3) is 0 Å². The number of benzene rings is 2. The molecule has 25 heavy (non-hydrogen) atoms. The Morgan fingerprint density at radius 2 is 1.16 bits per heavy atom. The molecule has 0 saturated carbocycles. The van der Waals surface area contributed by atoms with Crippen LogP contribution < -0.4 is 14.2 Å². The van der Waals surface area contributed by atoms with E-state index in [1.54, 1.807) is 4.72 Å². The van der Waals surface area contributed by atoms with E-state index >= 15 is 0 Å². The zero-order chi connectivity index (χ0) is 18.9. The van der Waals surface area contributed by atoms with E-state index in [1.165, 1.54) is 20.3 Å². The molecule has 0 spiro atoms. The van der Waals surface area contributed by atoms with Crippen LogP contribution in [0.2, 0.25) is 0 Å². The van der Waals surface area contributed by atoms with Gasteiger partial charge in [0.2, 0.25) is 5.82 Å². The maximum atomic E-state index is 13.7. The van der Waals surface area contributed by atoms with Crippen molar-refractivity contribution in [3.05, 3.63) is 47.3 Å². The van der Waals surface area contributed by atoms with Gasteiger partial charge in [-0.2, -0.15) is 0 Å². The molecule has 0 atom stereocenters. The fraction of sp³-hybridized carbons (Fsp3) is 0.143. The van der Waals surface area contributed by atoms with Crippen molar-refractivity contribution in [3.63, 3.8) is 0 Å². The Bertz CT molecular complexity index is 882. The Hall–Kier alpha value is -2.56. The third-order valence-corrected chi connectivity index (χ3v) is 4.44. The monoisotopic (exact) mass is 383 g/mol. The molecule has 0 heterocycles. The summed E-state index contributed by atoms with van der Waals surface area (Å²) in [7, 11) is -2.62. The second-order valence-electron chi connectivity index (χ2n) is 4.61. The Balaban J connectivity index is 2.58. The number of rotatable bonds is 5. The first-order valence-electron chi connectivity index (χ1n) is 6.39. The fourth-order valence-electron chi connectivity index (χ4n) is 1.89. The average Bonchev–Trinajstić information content (AvgIpc) is 2.57. The lowest BCUT2D eigenvalue weighted by molar-refractivity contribution is 0.358. The Morgan fingerprint density at radius 3 is 1.56 bits per heavy atom. The van der Waals surface area contributed by atoms with Crippen molar-refractivity contribution in [1.29, 1.82) is 0 Å². The minimum absolute atomic E-state index is 0.120. The molecular weight excluding hydrogens is 373 g/mol. The highest BCUT2D eigenvalue weighted by molar-refractivity contribution is 7.92. The summed E-state index contributed by atoms with van der Waals surface area (Å²) < 4.78 is 103. The van der Waals surface area contributed by atoms with Crippen LogP contribution >= 0.6 is 0 Å². The van der Waals surface area contributed by atoms with Gasteiger partial charge in [-0.1, -0.05) is 0 Å². The van der Waals surface area contributed by atoms with Gasteiger partial charge in [-0.15, -0.1) is 0 Å². The summed E-state index contributed by atoms with van der Waals surface area (Å²) in [6.45, 7) is 0. The first kappa shape index (κ1) is 18.8. The predicted molar refractivity (Wildman–Crippen MR) is 76.6 cm³/mol. The summed E-state index contributed by atoms with van der Waals surface area (Å²) in [5.41, 5.74) is -0.278. The number of hydrogen-bond acceptors (Lipinski definition) is 4. The third-order valence-electron chi connectivity index (χ3n) is 3.04. The van der Waals surface area contributed by atoms with Gasteiger partial charge < -0.3 is 9.47 Å². The summed E-state index contributed by atoms with van der Waals surface area (Å²) in [6, 6.07) is 3.61. The van der Waals surface area contributed by atoms with Gasteiger partial charge in [0, 0.05) is 18.2 Å². The summed E-state index contributed by atoms with van der Waals surface area (Å²) in [5, 5.41) is 0. The van der Waals surface area contributed by atoms with Gasteiger partial charge >= 0.3 is 0 Å². The van der Waals surface area contributed by atoms with E-state index in [9.17, 15) is 30.4 Å². The Morgan fingerprint density at radius 1 is 0.760 bits per heavy atom. The van der Waals surface area contributed by atoms with Gasteiger partial charge in [0.05, 0.1) is 19.9 Å². The van der Waals surface area contributed by atoms with E-state index in [-0.39, 0.29) is 17.2 Å². The SMILES string of the molecule is COc1cc(NS(=O)(=O)c2c(F)c(F)c(F)c(F)c2F)cc(OC)c1. The van der Waals surface area contributed by atoms with E-state index in [2.05, 4.69) is 0 Å². The number of ether oxygens (including phenoxy) is 2. The van der Waals surface area contributed by atoms with Crippen LogP contribution in [0.4, 0.5) is 27.6 Å². The van der Waals surface area contributed by atoms with Crippen LogP contribution in [0.5, 0.6) is 11.5 Å². The van der Waals surface area contributed by atoms with E-state index in [4.69, 9.17) is 9.47 Å². The van der Waals surface area contributed by atoms with Crippen LogP contribution in [-0.2, 0) is 10.0 Å². The molecule has 0 fully saturated rings. The van der Waals surface area contributed by atoms with Crippen molar-refractivity contribution < 1.29 is 39.8 Å². The molecule has 2 aromatic carbocycles. The number of anilines is 1. The second kappa shape index (κ2) is 6.75. The fourth-order valence-corrected chi connectivity index (χ4v) is 3.07. The lowest BCUT2D eigenvalue weighted by Gasteiger charge is -2.13. The standard InChI is InChI=1S/C14H10F5NO4S/c1-23-7-3-6(4-8(5-7)24-2)20-25(21,22)14-12(18)10(16)9(15)11(17)13(14)19/h3-5,20H,1-2H3. The van der Waals surface area contributed by atoms with Gasteiger partial charge in [0.25, 0.3) is 10.0 Å². The number of hydrogen-bond donors (Lipinski definition) is 1. The summed E-state index contributed by atoms with van der Waals surface area (Å²) >= 11 is 0. The molecular formula is C14H10F5NO4S. The lowest BCUT2D eigenvalue weighted by atomic mass is 10.3. The molecule has 0 bridgehead atoms. The molecule has 1 N–H and O–H groups in total. The largest absolute Gasteiger partial charge is 0.497 e. The van der Waals surface area contributed by atoms with Crippen LogP contribution in [0.3, 0.4) is 0 Å². The van der Waals surface area contributed by atoms with Gasteiger partial charge in [-0.25, -0.2) is 30.4 Å². The molecule has 5 nitrogen and oxygen atoms in total. The molecule has 11 heteroatoms. The molecule has 0 radical (unpaired) electrons. The molecule has 0 aliphatic heterocycles. The normalized spacial score (nSPS) is 11.3. The number of methoxy groups -OCH3 is 2. The molecule has 2 rings (SSSR count). The van der Waals surface area contributed by atoms with E-state index in [0.29, 0.717) is 0 Å². The molecule has 136 valence electrons. The Kier molecular flexibility index (Phi) is 5.07. The zero-order valence-corrected chi connectivity index (χ0v) is 13.5. The average molecular weight is 383 g/mol. The van der Waals surface area contributed by atoms with Crippen molar-refractivity contribution in [2.75, 3.05) is 18.9 Å². The number of nitrogens with one attached hydrogen (secondary N) is 1. The topological polar surface area (TPSA) is 64.6 Å². The van der Waals surface area contributed by atoms with E-state index < -0.39 is 44.0 Å². The minimum Gasteiger partial charge on any atom is -0.497 e. The highest BCUT2D eigenvalue weighted by atomic mass is 32.2.